The average Bonchev–Trinajstić information content (AvgIpc) is 2.56. The fourth-order valence-corrected chi connectivity index (χ4v) is 3.77. The van der Waals surface area contributed by atoms with Crippen LogP contribution in [0.4, 0.5) is 10.2 Å². The second-order valence-corrected chi connectivity index (χ2v) is 7.97. The van der Waals surface area contributed by atoms with E-state index in [2.05, 4.69) is 9.71 Å². The lowest BCUT2D eigenvalue weighted by atomic mass is 9.99. The molecule has 0 spiro atoms. The summed E-state index contributed by atoms with van der Waals surface area (Å²) in [7, 11) is -3.76. The van der Waals surface area contributed by atoms with Gasteiger partial charge in [-0.05, 0) is 73.5 Å². The maximum absolute atomic E-state index is 13.3. The van der Waals surface area contributed by atoms with Crippen molar-refractivity contribution in [2.45, 2.75) is 18.7 Å². The Morgan fingerprint density at radius 2 is 1.62 bits per heavy atom. The van der Waals surface area contributed by atoms with E-state index in [9.17, 15) is 12.8 Å². The van der Waals surface area contributed by atoms with E-state index in [1.165, 1.54) is 36.4 Å². The average molecular weight is 391 g/mol. The molecule has 26 heavy (non-hydrogen) atoms. The molecule has 0 fully saturated rings. The number of benzene rings is 2. The zero-order valence-electron chi connectivity index (χ0n) is 14.1. The van der Waals surface area contributed by atoms with Gasteiger partial charge in [-0.25, -0.2) is 17.8 Å². The van der Waals surface area contributed by atoms with Crippen LogP contribution in [0.2, 0.25) is 5.02 Å². The molecule has 0 aliphatic heterocycles. The van der Waals surface area contributed by atoms with Gasteiger partial charge in [-0.15, -0.1) is 0 Å². The maximum atomic E-state index is 13.3. The molecular weight excluding hydrogens is 375 g/mol. The van der Waals surface area contributed by atoms with Gasteiger partial charge in [0, 0.05) is 16.3 Å². The Hall–Kier alpha value is -2.44. The van der Waals surface area contributed by atoms with Crippen LogP contribution < -0.4 is 4.72 Å². The van der Waals surface area contributed by atoms with Crippen LogP contribution in [0.1, 0.15) is 11.3 Å². The van der Waals surface area contributed by atoms with E-state index in [-0.39, 0.29) is 16.5 Å². The molecule has 1 N–H and O–H groups in total. The van der Waals surface area contributed by atoms with Crippen molar-refractivity contribution in [3.63, 3.8) is 0 Å². The molecule has 134 valence electrons. The molecule has 0 saturated carbocycles. The highest BCUT2D eigenvalue weighted by Crippen LogP contribution is 2.28. The molecule has 3 aromatic rings. The molecule has 2 aromatic carbocycles. The second-order valence-electron chi connectivity index (χ2n) is 5.85. The van der Waals surface area contributed by atoms with E-state index in [0.29, 0.717) is 10.7 Å². The van der Waals surface area contributed by atoms with Crippen LogP contribution in [0.15, 0.2) is 59.5 Å². The summed E-state index contributed by atoms with van der Waals surface area (Å²) in [4.78, 5) is 4.43. The molecule has 7 heteroatoms. The van der Waals surface area contributed by atoms with Gasteiger partial charge in [0.05, 0.1) is 4.90 Å². The van der Waals surface area contributed by atoms with Crippen LogP contribution in [0.5, 0.6) is 0 Å². The van der Waals surface area contributed by atoms with Gasteiger partial charge < -0.3 is 0 Å². The minimum absolute atomic E-state index is 0.0970. The van der Waals surface area contributed by atoms with Gasteiger partial charge in [-0.2, -0.15) is 0 Å². The standard InChI is InChI=1S/C19H16ClFN2O2S/c1-12-11-15(21)5-8-17(12)18-9-10-19(22-13(18)2)23-26(24,25)16-6-3-14(20)4-7-16/h3-11H,1-2H3,(H,22,23). The highest BCUT2D eigenvalue weighted by atomic mass is 35.5. The van der Waals surface area contributed by atoms with Crippen molar-refractivity contribution in [1.29, 1.82) is 0 Å². The summed E-state index contributed by atoms with van der Waals surface area (Å²) in [6, 6.07) is 13.7. The number of hydrogen-bond donors (Lipinski definition) is 1. The van der Waals surface area contributed by atoms with Crippen molar-refractivity contribution in [1.82, 2.24) is 4.98 Å². The van der Waals surface area contributed by atoms with Gasteiger partial charge in [0.15, 0.2) is 0 Å². The van der Waals surface area contributed by atoms with Crippen LogP contribution in [0, 0.1) is 19.7 Å². The number of anilines is 1. The molecule has 0 unspecified atom stereocenters. The molecule has 0 aliphatic rings. The van der Waals surface area contributed by atoms with Gasteiger partial charge in [-0.1, -0.05) is 17.7 Å². The van der Waals surface area contributed by atoms with E-state index >= 15 is 0 Å². The highest BCUT2D eigenvalue weighted by molar-refractivity contribution is 7.92. The maximum Gasteiger partial charge on any atom is 0.263 e. The van der Waals surface area contributed by atoms with Crippen molar-refractivity contribution in [2.24, 2.45) is 0 Å². The summed E-state index contributed by atoms with van der Waals surface area (Å²) < 4.78 is 40.6. The van der Waals surface area contributed by atoms with E-state index in [4.69, 9.17) is 11.6 Å². The quantitative estimate of drug-likeness (QED) is 0.685. The number of aryl methyl sites for hydroxylation is 2. The molecule has 0 aliphatic carbocycles. The Morgan fingerprint density at radius 1 is 0.962 bits per heavy atom. The van der Waals surface area contributed by atoms with E-state index in [0.717, 1.165) is 16.7 Å². The van der Waals surface area contributed by atoms with E-state index in [1.807, 2.05) is 6.92 Å². The van der Waals surface area contributed by atoms with Crippen LogP contribution in [-0.2, 0) is 10.0 Å². The lowest BCUT2D eigenvalue weighted by molar-refractivity contribution is 0.601. The number of nitrogens with one attached hydrogen (secondary N) is 1. The van der Waals surface area contributed by atoms with Crippen molar-refractivity contribution in [3.05, 3.63) is 76.7 Å². The number of sulfonamides is 1. The minimum Gasteiger partial charge on any atom is -0.263 e. The number of aromatic nitrogens is 1. The summed E-state index contributed by atoms with van der Waals surface area (Å²) in [5, 5.41) is 0.456. The molecule has 3 rings (SSSR count). The van der Waals surface area contributed by atoms with E-state index < -0.39 is 10.0 Å². The Bertz CT molecular complexity index is 1070. The topological polar surface area (TPSA) is 59.1 Å². The van der Waals surface area contributed by atoms with Crippen molar-refractivity contribution >= 4 is 27.4 Å². The zero-order valence-corrected chi connectivity index (χ0v) is 15.7. The summed E-state index contributed by atoms with van der Waals surface area (Å²) in [6.07, 6.45) is 0. The first-order chi connectivity index (χ1) is 12.3. The number of pyridine rings is 1. The van der Waals surface area contributed by atoms with Crippen LogP contribution >= 0.6 is 11.6 Å². The Morgan fingerprint density at radius 3 is 2.23 bits per heavy atom. The fourth-order valence-electron chi connectivity index (χ4n) is 2.64. The van der Waals surface area contributed by atoms with Crippen LogP contribution in [-0.4, -0.2) is 13.4 Å². The molecule has 1 heterocycles. The second kappa shape index (κ2) is 7.05. The van der Waals surface area contributed by atoms with Gasteiger partial charge >= 0.3 is 0 Å². The van der Waals surface area contributed by atoms with Gasteiger partial charge in [-0.3, -0.25) is 4.72 Å². The van der Waals surface area contributed by atoms with Crippen molar-refractivity contribution in [3.8, 4) is 11.1 Å². The third-order valence-electron chi connectivity index (χ3n) is 3.93. The van der Waals surface area contributed by atoms with Gasteiger partial charge in [0.1, 0.15) is 11.6 Å². The summed E-state index contributed by atoms with van der Waals surface area (Å²) in [5.41, 5.74) is 3.08. The molecule has 0 saturated heterocycles. The molecule has 0 atom stereocenters. The third kappa shape index (κ3) is 3.86. The Balaban J connectivity index is 1.91. The molecule has 0 radical (unpaired) electrons. The van der Waals surface area contributed by atoms with E-state index in [1.54, 1.807) is 25.1 Å². The van der Waals surface area contributed by atoms with Gasteiger partial charge in [0.25, 0.3) is 10.0 Å². The normalized spacial score (nSPS) is 11.4. The Kier molecular flexibility index (Phi) is 4.98. The lowest BCUT2D eigenvalue weighted by Gasteiger charge is -2.12. The third-order valence-corrected chi connectivity index (χ3v) is 5.55. The van der Waals surface area contributed by atoms with Gasteiger partial charge in [0.2, 0.25) is 0 Å². The number of halogens is 2. The Labute approximate surface area is 156 Å². The smallest absolute Gasteiger partial charge is 0.263 e. The van der Waals surface area contributed by atoms with Crippen molar-refractivity contribution < 1.29 is 12.8 Å². The zero-order chi connectivity index (χ0) is 18.9. The number of nitrogens with zero attached hydrogens (tertiary/aromatic N) is 1. The molecule has 1 aromatic heterocycles. The fraction of sp³-hybridized carbons (Fsp3) is 0.105. The van der Waals surface area contributed by atoms with Crippen molar-refractivity contribution in [2.75, 3.05) is 4.72 Å². The number of rotatable bonds is 4. The first-order valence-corrected chi connectivity index (χ1v) is 9.65. The summed E-state index contributed by atoms with van der Waals surface area (Å²) >= 11 is 5.79. The number of hydrogen-bond acceptors (Lipinski definition) is 3. The predicted molar refractivity (Wildman–Crippen MR) is 101 cm³/mol. The molecule has 0 amide bonds. The summed E-state index contributed by atoms with van der Waals surface area (Å²) in [5.74, 6) is -0.0924. The summed E-state index contributed by atoms with van der Waals surface area (Å²) in [6.45, 7) is 3.59. The molecular formula is C19H16ClFN2O2S. The molecule has 0 bridgehead atoms. The molecule has 4 nitrogen and oxygen atoms in total. The SMILES string of the molecule is Cc1cc(F)ccc1-c1ccc(NS(=O)(=O)c2ccc(Cl)cc2)nc1C. The van der Waals surface area contributed by atoms with Crippen LogP contribution in [0.3, 0.4) is 0 Å². The first kappa shape index (κ1) is 18.4. The first-order valence-electron chi connectivity index (χ1n) is 7.79. The highest BCUT2D eigenvalue weighted by Gasteiger charge is 2.16. The predicted octanol–water partition coefficient (Wildman–Crippen LogP) is 4.96. The lowest BCUT2D eigenvalue weighted by Crippen LogP contribution is -2.14. The minimum atomic E-state index is -3.76. The van der Waals surface area contributed by atoms with Crippen LogP contribution in [0.25, 0.3) is 11.1 Å². The monoisotopic (exact) mass is 390 g/mol. The largest absolute Gasteiger partial charge is 0.263 e.